The van der Waals surface area contributed by atoms with E-state index in [9.17, 15) is 0 Å². The molecule has 0 bridgehead atoms. The summed E-state index contributed by atoms with van der Waals surface area (Å²) >= 11 is 0. The third-order valence-electron chi connectivity index (χ3n) is 2.16. The van der Waals surface area contributed by atoms with Crippen molar-refractivity contribution in [3.05, 3.63) is 11.9 Å². The number of aromatic nitrogens is 3. The zero-order valence-corrected chi connectivity index (χ0v) is 8.44. The molecule has 0 radical (unpaired) electrons. The topological polar surface area (TPSA) is 60.0 Å². The molecule has 1 atom stereocenters. The fraction of sp³-hybridized carbons (Fsp3) is 0.750. The van der Waals surface area contributed by atoms with Gasteiger partial charge in [0, 0.05) is 32.4 Å². The molecule has 0 saturated carbocycles. The number of aryl methyl sites for hydroxylation is 1. The average molecular weight is 183 g/mol. The fourth-order valence-electron chi connectivity index (χ4n) is 1.06. The van der Waals surface area contributed by atoms with E-state index in [0.29, 0.717) is 12.6 Å². The van der Waals surface area contributed by atoms with Crippen LogP contribution in [0.15, 0.2) is 6.20 Å². The zero-order chi connectivity index (χ0) is 9.84. The van der Waals surface area contributed by atoms with E-state index in [1.54, 1.807) is 4.68 Å². The molecule has 13 heavy (non-hydrogen) atoms. The van der Waals surface area contributed by atoms with E-state index in [-0.39, 0.29) is 0 Å². The molecule has 1 heterocycles. The highest BCUT2D eigenvalue weighted by molar-refractivity contribution is 4.91. The highest BCUT2D eigenvalue weighted by Gasteiger charge is 2.08. The summed E-state index contributed by atoms with van der Waals surface area (Å²) in [5.74, 6) is 0. The van der Waals surface area contributed by atoms with Gasteiger partial charge >= 0.3 is 0 Å². The smallest absolute Gasteiger partial charge is 0.0967 e. The third-order valence-corrected chi connectivity index (χ3v) is 2.16. The highest BCUT2D eigenvalue weighted by Crippen LogP contribution is 2.00. The number of hydrogen-bond donors (Lipinski definition) is 1. The summed E-state index contributed by atoms with van der Waals surface area (Å²) in [6.07, 6.45) is 1.92. The molecule has 1 aromatic heterocycles. The molecule has 0 fully saturated rings. The predicted molar refractivity (Wildman–Crippen MR) is 51.0 cm³/mol. The second-order valence-electron chi connectivity index (χ2n) is 3.38. The molecule has 1 unspecified atom stereocenters. The molecule has 0 aliphatic carbocycles. The number of nitrogens with two attached hydrogens (primary N) is 1. The minimum absolute atomic E-state index is 0.377. The first-order chi connectivity index (χ1) is 6.13. The van der Waals surface area contributed by atoms with Crippen molar-refractivity contribution in [2.24, 2.45) is 12.8 Å². The molecule has 2 N–H and O–H groups in total. The van der Waals surface area contributed by atoms with Crippen LogP contribution in [-0.4, -0.2) is 39.5 Å². The number of likely N-dealkylation sites (N-methyl/N-ethyl adjacent to an activating group) is 1. The molecule has 1 rings (SSSR count). The Bertz CT molecular complexity index is 257. The van der Waals surface area contributed by atoms with Gasteiger partial charge in [-0.2, -0.15) is 0 Å². The zero-order valence-electron chi connectivity index (χ0n) is 8.44. The lowest BCUT2D eigenvalue weighted by atomic mass is 10.3. The van der Waals surface area contributed by atoms with Gasteiger partial charge < -0.3 is 5.73 Å². The van der Waals surface area contributed by atoms with E-state index in [1.165, 1.54) is 0 Å². The number of hydrogen-bond acceptors (Lipinski definition) is 4. The van der Waals surface area contributed by atoms with E-state index < -0.39 is 0 Å². The summed E-state index contributed by atoms with van der Waals surface area (Å²) in [5, 5.41) is 7.87. The van der Waals surface area contributed by atoms with Gasteiger partial charge in [-0.25, -0.2) is 0 Å². The van der Waals surface area contributed by atoms with E-state index >= 15 is 0 Å². The molecule has 74 valence electrons. The van der Waals surface area contributed by atoms with Crippen LogP contribution in [0.25, 0.3) is 0 Å². The van der Waals surface area contributed by atoms with Crippen molar-refractivity contribution < 1.29 is 0 Å². The summed E-state index contributed by atoms with van der Waals surface area (Å²) in [6, 6.07) is 0.377. The van der Waals surface area contributed by atoms with Crippen LogP contribution < -0.4 is 5.73 Å². The maximum Gasteiger partial charge on any atom is 0.0967 e. The van der Waals surface area contributed by atoms with Gasteiger partial charge in [-0.15, -0.1) is 5.10 Å². The van der Waals surface area contributed by atoms with Gasteiger partial charge in [0.1, 0.15) is 0 Å². The predicted octanol–water partition coefficient (Wildman–Crippen LogP) is -0.406. The molecule has 0 aromatic carbocycles. The van der Waals surface area contributed by atoms with Gasteiger partial charge in [-0.1, -0.05) is 5.21 Å². The van der Waals surface area contributed by atoms with Crippen molar-refractivity contribution in [3.63, 3.8) is 0 Å². The lowest BCUT2D eigenvalue weighted by Gasteiger charge is -2.21. The molecule has 5 nitrogen and oxygen atoms in total. The van der Waals surface area contributed by atoms with Crippen LogP contribution in [0.5, 0.6) is 0 Å². The van der Waals surface area contributed by atoms with Crippen LogP contribution in [0.1, 0.15) is 12.6 Å². The number of rotatable bonds is 4. The van der Waals surface area contributed by atoms with Crippen LogP contribution in [0.2, 0.25) is 0 Å². The largest absolute Gasteiger partial charge is 0.329 e. The van der Waals surface area contributed by atoms with Crippen LogP contribution in [0.3, 0.4) is 0 Å². The first-order valence-electron chi connectivity index (χ1n) is 4.39. The molecular weight excluding hydrogens is 166 g/mol. The van der Waals surface area contributed by atoms with Crippen molar-refractivity contribution in [2.45, 2.75) is 19.5 Å². The maximum atomic E-state index is 5.55. The first-order valence-corrected chi connectivity index (χ1v) is 4.39. The van der Waals surface area contributed by atoms with Gasteiger partial charge in [0.15, 0.2) is 0 Å². The van der Waals surface area contributed by atoms with Gasteiger partial charge in [0.25, 0.3) is 0 Å². The molecule has 0 spiro atoms. The molecule has 0 saturated heterocycles. The fourth-order valence-corrected chi connectivity index (χ4v) is 1.06. The van der Waals surface area contributed by atoms with Crippen LogP contribution in [-0.2, 0) is 13.6 Å². The minimum Gasteiger partial charge on any atom is -0.329 e. The molecule has 0 aliphatic heterocycles. The highest BCUT2D eigenvalue weighted by atomic mass is 15.4. The second-order valence-corrected chi connectivity index (χ2v) is 3.38. The van der Waals surface area contributed by atoms with Crippen molar-refractivity contribution in [1.82, 2.24) is 19.9 Å². The normalized spacial score (nSPS) is 13.6. The van der Waals surface area contributed by atoms with Gasteiger partial charge in [-0.3, -0.25) is 9.58 Å². The Hall–Kier alpha value is -0.940. The van der Waals surface area contributed by atoms with Crippen molar-refractivity contribution in [1.29, 1.82) is 0 Å². The molecular formula is C8H17N5. The lowest BCUT2D eigenvalue weighted by molar-refractivity contribution is 0.252. The van der Waals surface area contributed by atoms with Gasteiger partial charge in [0.05, 0.1) is 5.69 Å². The summed E-state index contributed by atoms with van der Waals surface area (Å²) < 4.78 is 1.70. The van der Waals surface area contributed by atoms with Crippen LogP contribution >= 0.6 is 0 Å². The molecule has 0 aliphatic rings. The van der Waals surface area contributed by atoms with Crippen LogP contribution in [0.4, 0.5) is 0 Å². The SMILES string of the molecule is CC(CN)N(C)Cc1cn(C)nn1. The Morgan fingerprint density at radius 3 is 2.85 bits per heavy atom. The van der Waals surface area contributed by atoms with Crippen LogP contribution in [0, 0.1) is 0 Å². The van der Waals surface area contributed by atoms with Crippen molar-refractivity contribution in [2.75, 3.05) is 13.6 Å². The Kier molecular flexibility index (Phi) is 3.39. The summed E-state index contributed by atoms with van der Waals surface area (Å²) in [7, 11) is 3.90. The Labute approximate surface area is 78.5 Å². The first kappa shape index (κ1) is 10.1. The Balaban J connectivity index is 2.49. The Morgan fingerprint density at radius 1 is 1.69 bits per heavy atom. The lowest BCUT2D eigenvalue weighted by Crippen LogP contribution is -2.34. The van der Waals surface area contributed by atoms with Gasteiger partial charge in [-0.05, 0) is 14.0 Å². The standard InChI is InChI=1S/C8H17N5/c1-7(4-9)12(2)5-8-6-13(3)11-10-8/h6-7H,4-5,9H2,1-3H3. The van der Waals surface area contributed by atoms with Gasteiger partial charge in [0.2, 0.25) is 0 Å². The Morgan fingerprint density at radius 2 is 2.38 bits per heavy atom. The minimum atomic E-state index is 0.377. The van der Waals surface area contributed by atoms with E-state index in [0.717, 1.165) is 12.2 Å². The number of nitrogens with zero attached hydrogens (tertiary/aromatic N) is 4. The van der Waals surface area contributed by atoms with Crippen molar-refractivity contribution >= 4 is 0 Å². The average Bonchev–Trinajstić information content (AvgIpc) is 2.49. The van der Waals surface area contributed by atoms with E-state index in [2.05, 4.69) is 22.1 Å². The molecule has 5 heteroatoms. The summed E-state index contributed by atoms with van der Waals surface area (Å²) in [4.78, 5) is 2.16. The molecule has 1 aromatic rings. The van der Waals surface area contributed by atoms with E-state index in [1.807, 2.05) is 20.3 Å². The monoisotopic (exact) mass is 183 g/mol. The summed E-state index contributed by atoms with van der Waals surface area (Å²) in [6.45, 7) is 3.55. The molecule has 0 amide bonds. The van der Waals surface area contributed by atoms with Crippen molar-refractivity contribution in [3.8, 4) is 0 Å². The third kappa shape index (κ3) is 2.78. The second kappa shape index (κ2) is 4.34. The van der Waals surface area contributed by atoms with E-state index in [4.69, 9.17) is 5.73 Å². The quantitative estimate of drug-likeness (QED) is 0.689. The maximum absolute atomic E-state index is 5.55. The summed E-state index contributed by atoms with van der Waals surface area (Å²) in [5.41, 5.74) is 6.53.